The summed E-state index contributed by atoms with van der Waals surface area (Å²) in [6, 6.07) is 9.76. The molecule has 8 heteroatoms. The molecule has 1 saturated heterocycles. The van der Waals surface area contributed by atoms with Crippen LogP contribution in [0, 0.1) is 24.5 Å². The predicted molar refractivity (Wildman–Crippen MR) is 124 cm³/mol. The molecular weight excluding hydrogens is 446 g/mol. The summed E-state index contributed by atoms with van der Waals surface area (Å²) in [5.74, 6) is -1.26. The number of halogens is 3. The van der Waals surface area contributed by atoms with Crippen LogP contribution in [0.1, 0.15) is 46.8 Å². The van der Waals surface area contributed by atoms with Crippen molar-refractivity contribution in [2.75, 3.05) is 24.5 Å². The fourth-order valence-corrected chi connectivity index (χ4v) is 4.62. The second kappa shape index (κ2) is 8.78. The first-order chi connectivity index (χ1) is 15.9. The van der Waals surface area contributed by atoms with E-state index in [1.807, 2.05) is 34.7 Å². The number of aryl methyl sites for hydroxylation is 1. The first kappa shape index (κ1) is 21.9. The molecular formula is C25H25ClF2N4O. The summed E-state index contributed by atoms with van der Waals surface area (Å²) < 4.78 is 28.6. The zero-order chi connectivity index (χ0) is 23.1. The topological polar surface area (TPSA) is 50.2 Å². The highest BCUT2D eigenvalue weighted by atomic mass is 35.5. The first-order valence-corrected chi connectivity index (χ1v) is 11.6. The van der Waals surface area contributed by atoms with Gasteiger partial charge in [0.25, 0.3) is 5.91 Å². The van der Waals surface area contributed by atoms with Crippen LogP contribution in [-0.2, 0) is 0 Å². The molecule has 1 aliphatic carbocycles. The molecule has 33 heavy (non-hydrogen) atoms. The molecule has 5 nitrogen and oxygen atoms in total. The molecule has 2 aliphatic rings. The molecule has 1 aromatic heterocycles. The molecule has 3 aromatic rings. The quantitative estimate of drug-likeness (QED) is 0.535. The van der Waals surface area contributed by atoms with Crippen LogP contribution in [0.2, 0.25) is 5.02 Å². The molecule has 1 N–H and O–H groups in total. The van der Waals surface area contributed by atoms with Gasteiger partial charge in [-0.1, -0.05) is 17.7 Å². The minimum absolute atomic E-state index is 0.132. The summed E-state index contributed by atoms with van der Waals surface area (Å²) in [6.45, 7) is 3.89. The largest absolute Gasteiger partial charge is 0.371 e. The van der Waals surface area contributed by atoms with Gasteiger partial charge in [0.1, 0.15) is 0 Å². The molecule has 172 valence electrons. The lowest BCUT2D eigenvalue weighted by molar-refractivity contribution is 0.0947. The molecule has 1 saturated carbocycles. The molecule has 0 spiro atoms. The van der Waals surface area contributed by atoms with Crippen molar-refractivity contribution < 1.29 is 13.6 Å². The van der Waals surface area contributed by atoms with E-state index >= 15 is 0 Å². The van der Waals surface area contributed by atoms with Crippen molar-refractivity contribution in [3.05, 3.63) is 76.1 Å². The molecule has 1 atom stereocenters. The Hall–Kier alpha value is -2.93. The first-order valence-electron chi connectivity index (χ1n) is 11.2. The van der Waals surface area contributed by atoms with Gasteiger partial charge in [-0.05, 0) is 61.9 Å². The van der Waals surface area contributed by atoms with Crippen molar-refractivity contribution in [3.63, 3.8) is 0 Å². The molecule has 2 heterocycles. The third-order valence-corrected chi connectivity index (χ3v) is 6.93. The van der Waals surface area contributed by atoms with Gasteiger partial charge < -0.3 is 10.2 Å². The van der Waals surface area contributed by atoms with Gasteiger partial charge >= 0.3 is 0 Å². The van der Waals surface area contributed by atoms with Crippen molar-refractivity contribution in [2.45, 2.75) is 32.1 Å². The lowest BCUT2D eigenvalue weighted by Gasteiger charge is -2.19. The number of anilines is 1. The molecule has 1 amide bonds. The summed E-state index contributed by atoms with van der Waals surface area (Å²) in [6.07, 6.45) is 4.59. The second-order valence-electron chi connectivity index (χ2n) is 8.97. The number of hydrogen-bond donors (Lipinski definition) is 1. The molecule has 1 aliphatic heterocycles. The van der Waals surface area contributed by atoms with Gasteiger partial charge in [-0.15, -0.1) is 0 Å². The lowest BCUT2D eigenvalue weighted by atomic mass is 10.1. The number of hydrogen-bond acceptors (Lipinski definition) is 3. The van der Waals surface area contributed by atoms with Crippen LogP contribution in [0.5, 0.6) is 0 Å². The van der Waals surface area contributed by atoms with Crippen LogP contribution in [-0.4, -0.2) is 35.3 Å². The van der Waals surface area contributed by atoms with E-state index in [0.717, 1.165) is 48.8 Å². The standard InChI is InChI=1S/C25H25ClF2N4O/c1-15-2-5-19(10-21(15)26)32-24(17-3-4-17)20(13-30-32)25(33)29-12-16-8-9-31(14-16)18-6-7-22(27)23(28)11-18/h2,5-7,10-11,13,16-17H,3-4,8-9,12,14H2,1H3,(H,29,33). The van der Waals surface area contributed by atoms with E-state index in [1.54, 1.807) is 12.3 Å². The zero-order valence-electron chi connectivity index (χ0n) is 18.3. The number of carbonyl (C=O) groups excluding carboxylic acids is 1. The van der Waals surface area contributed by atoms with E-state index in [9.17, 15) is 13.6 Å². The van der Waals surface area contributed by atoms with E-state index in [2.05, 4.69) is 10.4 Å². The highest BCUT2D eigenvalue weighted by Gasteiger charge is 2.33. The number of nitrogens with zero attached hydrogens (tertiary/aromatic N) is 3. The van der Waals surface area contributed by atoms with Crippen molar-refractivity contribution >= 4 is 23.2 Å². The van der Waals surface area contributed by atoms with Crippen LogP contribution in [0.15, 0.2) is 42.6 Å². The Morgan fingerprint density at radius 1 is 1.12 bits per heavy atom. The van der Waals surface area contributed by atoms with E-state index in [4.69, 9.17) is 11.6 Å². The van der Waals surface area contributed by atoms with Gasteiger partial charge in [0.2, 0.25) is 0 Å². The Morgan fingerprint density at radius 2 is 1.91 bits per heavy atom. The van der Waals surface area contributed by atoms with E-state index in [1.165, 1.54) is 6.07 Å². The highest BCUT2D eigenvalue weighted by molar-refractivity contribution is 6.31. The Labute approximate surface area is 196 Å². The minimum Gasteiger partial charge on any atom is -0.371 e. The smallest absolute Gasteiger partial charge is 0.254 e. The summed E-state index contributed by atoms with van der Waals surface area (Å²) in [7, 11) is 0. The van der Waals surface area contributed by atoms with E-state index in [0.29, 0.717) is 35.3 Å². The molecule has 2 fully saturated rings. The van der Waals surface area contributed by atoms with Gasteiger partial charge in [-0.25, -0.2) is 13.5 Å². The predicted octanol–water partition coefficient (Wildman–Crippen LogP) is 5.25. The summed E-state index contributed by atoms with van der Waals surface area (Å²) in [4.78, 5) is 15.1. The maximum absolute atomic E-state index is 13.6. The number of benzene rings is 2. The van der Waals surface area contributed by atoms with Gasteiger partial charge in [0.15, 0.2) is 11.6 Å². The second-order valence-corrected chi connectivity index (χ2v) is 9.38. The summed E-state index contributed by atoms with van der Waals surface area (Å²) in [5.41, 5.74) is 4.04. The molecule has 0 bridgehead atoms. The van der Waals surface area contributed by atoms with Gasteiger partial charge in [0.05, 0.1) is 23.1 Å². The van der Waals surface area contributed by atoms with Crippen LogP contribution in [0.25, 0.3) is 5.69 Å². The SMILES string of the molecule is Cc1ccc(-n2ncc(C(=O)NCC3CCN(c4ccc(F)c(F)c4)C3)c2C2CC2)cc1Cl. The van der Waals surface area contributed by atoms with Crippen LogP contribution in [0.3, 0.4) is 0 Å². The molecule has 1 unspecified atom stereocenters. The lowest BCUT2D eigenvalue weighted by Crippen LogP contribution is -2.31. The molecule has 0 radical (unpaired) electrons. The fourth-order valence-electron chi connectivity index (χ4n) is 4.45. The van der Waals surface area contributed by atoms with Gasteiger partial charge in [0, 0.05) is 42.3 Å². The van der Waals surface area contributed by atoms with E-state index in [-0.39, 0.29) is 11.8 Å². The number of amides is 1. The van der Waals surface area contributed by atoms with Gasteiger partial charge in [-0.3, -0.25) is 4.79 Å². The average molecular weight is 471 g/mol. The third kappa shape index (κ3) is 4.47. The van der Waals surface area contributed by atoms with Crippen LogP contribution >= 0.6 is 11.6 Å². The number of aromatic nitrogens is 2. The zero-order valence-corrected chi connectivity index (χ0v) is 19.1. The average Bonchev–Trinajstić information content (AvgIpc) is 3.36. The molecule has 2 aromatic carbocycles. The number of nitrogens with one attached hydrogen (secondary N) is 1. The summed E-state index contributed by atoms with van der Waals surface area (Å²) >= 11 is 6.31. The van der Waals surface area contributed by atoms with Crippen molar-refractivity contribution in [2.24, 2.45) is 5.92 Å². The Balaban J connectivity index is 1.26. The maximum Gasteiger partial charge on any atom is 0.254 e. The third-order valence-electron chi connectivity index (χ3n) is 6.52. The maximum atomic E-state index is 13.6. The normalized spacial score (nSPS) is 18.1. The Bertz CT molecular complexity index is 1210. The van der Waals surface area contributed by atoms with E-state index < -0.39 is 11.6 Å². The monoisotopic (exact) mass is 470 g/mol. The van der Waals surface area contributed by atoms with Crippen molar-refractivity contribution in [3.8, 4) is 5.69 Å². The van der Waals surface area contributed by atoms with Crippen LogP contribution < -0.4 is 10.2 Å². The Kier molecular flexibility index (Phi) is 5.83. The van der Waals surface area contributed by atoms with Crippen molar-refractivity contribution in [1.82, 2.24) is 15.1 Å². The van der Waals surface area contributed by atoms with Gasteiger partial charge in [-0.2, -0.15) is 5.10 Å². The minimum atomic E-state index is -0.846. The molecule has 5 rings (SSSR count). The summed E-state index contributed by atoms with van der Waals surface area (Å²) in [5, 5.41) is 8.24. The van der Waals surface area contributed by atoms with Crippen molar-refractivity contribution in [1.29, 1.82) is 0 Å². The number of rotatable bonds is 6. The number of carbonyl (C=O) groups is 1. The fraction of sp³-hybridized carbons (Fsp3) is 0.360. The van der Waals surface area contributed by atoms with Crippen LogP contribution in [0.4, 0.5) is 14.5 Å². The highest BCUT2D eigenvalue weighted by Crippen LogP contribution is 2.42. The Morgan fingerprint density at radius 3 is 2.64 bits per heavy atom.